The highest BCUT2D eigenvalue weighted by atomic mass is 32.2. The van der Waals surface area contributed by atoms with Crippen molar-refractivity contribution in [3.63, 3.8) is 0 Å². The smallest absolute Gasteiger partial charge is 0.368 e. The number of carbonyl (C=O) groups excluding carboxylic acids is 2. The normalized spacial score (nSPS) is 24.1. The highest BCUT2D eigenvalue weighted by Gasteiger charge is 2.28. The average molecular weight is 176 g/mol. The Hall–Kier alpha value is -0.710. The van der Waals surface area contributed by atoms with E-state index in [-0.39, 0.29) is 11.2 Å². The lowest BCUT2D eigenvalue weighted by molar-refractivity contribution is -0.140. The molecular weight excluding hydrogens is 168 g/mol. The highest BCUT2D eigenvalue weighted by Crippen LogP contribution is 2.23. The molecule has 0 radical (unpaired) electrons. The average Bonchev–Trinajstić information content (AvgIpc) is 2.03. The number of carbonyl (C=O) groups is 2. The van der Waals surface area contributed by atoms with E-state index in [1.54, 1.807) is 0 Å². The number of esters is 1. The van der Waals surface area contributed by atoms with Crippen LogP contribution in [0.5, 0.6) is 0 Å². The van der Waals surface area contributed by atoms with Gasteiger partial charge >= 0.3 is 11.3 Å². The minimum Gasteiger partial charge on any atom is -0.468 e. The summed E-state index contributed by atoms with van der Waals surface area (Å²) >= 11 is 0.883. The Kier molecular flexibility index (Phi) is 2.76. The number of thioether (sulfide) groups is 1. The molecule has 1 heterocycles. The minimum absolute atomic E-state index is 0.311. The third-order valence-corrected chi connectivity index (χ3v) is 2.33. The fourth-order valence-corrected chi connectivity index (χ4v) is 1.55. The van der Waals surface area contributed by atoms with Gasteiger partial charge in [-0.2, -0.15) is 0 Å². The predicted molar refractivity (Wildman–Crippen MR) is 39.4 cm³/mol. The van der Waals surface area contributed by atoms with Crippen LogP contribution in [0.2, 0.25) is 0 Å². The fraction of sp³-hybridized carbons (Fsp3) is 0.667. The van der Waals surface area contributed by atoms with E-state index < -0.39 is 5.30 Å². The summed E-state index contributed by atoms with van der Waals surface area (Å²) in [6.45, 7) is 0.311. The summed E-state index contributed by atoms with van der Waals surface area (Å²) in [7, 11) is 1.31. The first-order chi connectivity index (χ1) is 5.24. The van der Waals surface area contributed by atoms with E-state index in [1.807, 2.05) is 0 Å². The SMILES string of the molecule is COC(=O)[C@@H]1CCOC(=O)S1. The maximum atomic E-state index is 10.9. The summed E-state index contributed by atoms with van der Waals surface area (Å²) < 4.78 is 9.09. The number of cyclic esters (lactones) is 1. The third kappa shape index (κ3) is 2.11. The lowest BCUT2D eigenvalue weighted by Gasteiger charge is -2.17. The molecule has 0 bridgehead atoms. The summed E-state index contributed by atoms with van der Waals surface area (Å²) in [6, 6.07) is 0. The Bertz CT molecular complexity index is 179. The zero-order chi connectivity index (χ0) is 8.27. The summed E-state index contributed by atoms with van der Waals surface area (Å²) in [4.78, 5) is 21.5. The van der Waals surface area contributed by atoms with Crippen molar-refractivity contribution in [3.05, 3.63) is 0 Å². The molecule has 0 spiro atoms. The first-order valence-corrected chi connectivity index (χ1v) is 4.03. The van der Waals surface area contributed by atoms with Crippen LogP contribution >= 0.6 is 11.8 Å². The van der Waals surface area contributed by atoms with Gasteiger partial charge in [0.25, 0.3) is 0 Å². The van der Waals surface area contributed by atoms with Crippen molar-refractivity contribution in [3.8, 4) is 0 Å². The number of hydrogen-bond acceptors (Lipinski definition) is 5. The van der Waals surface area contributed by atoms with Crippen LogP contribution in [0, 0.1) is 0 Å². The van der Waals surface area contributed by atoms with Gasteiger partial charge < -0.3 is 9.47 Å². The third-order valence-electron chi connectivity index (χ3n) is 1.30. The first kappa shape index (κ1) is 8.39. The molecule has 0 aromatic heterocycles. The second-order valence-electron chi connectivity index (χ2n) is 2.02. The number of rotatable bonds is 1. The van der Waals surface area contributed by atoms with Crippen LogP contribution in [-0.4, -0.2) is 30.2 Å². The zero-order valence-corrected chi connectivity index (χ0v) is 6.85. The molecule has 0 amide bonds. The predicted octanol–water partition coefficient (Wildman–Crippen LogP) is 0.801. The second-order valence-corrected chi connectivity index (χ2v) is 3.15. The molecule has 0 aromatic carbocycles. The summed E-state index contributed by atoms with van der Waals surface area (Å²) in [5, 5.41) is -0.770. The Balaban J connectivity index is 2.45. The largest absolute Gasteiger partial charge is 0.468 e. The Morgan fingerprint density at radius 1 is 1.82 bits per heavy atom. The van der Waals surface area contributed by atoms with E-state index in [0.29, 0.717) is 13.0 Å². The summed E-state index contributed by atoms with van der Waals surface area (Å²) in [5.74, 6) is -0.355. The molecule has 1 saturated heterocycles. The molecule has 1 aliphatic rings. The van der Waals surface area contributed by atoms with E-state index in [9.17, 15) is 9.59 Å². The molecule has 5 heteroatoms. The van der Waals surface area contributed by atoms with Gasteiger partial charge in [-0.3, -0.25) is 4.79 Å². The van der Waals surface area contributed by atoms with Gasteiger partial charge in [-0.15, -0.1) is 0 Å². The molecular formula is C6H8O4S. The van der Waals surface area contributed by atoms with Crippen molar-refractivity contribution in [2.75, 3.05) is 13.7 Å². The molecule has 11 heavy (non-hydrogen) atoms. The number of ether oxygens (including phenoxy) is 2. The Morgan fingerprint density at radius 2 is 2.55 bits per heavy atom. The van der Waals surface area contributed by atoms with Gasteiger partial charge in [0.15, 0.2) is 0 Å². The fourth-order valence-electron chi connectivity index (χ4n) is 0.756. The second kappa shape index (κ2) is 3.61. The van der Waals surface area contributed by atoms with Crippen molar-refractivity contribution in [2.45, 2.75) is 11.7 Å². The molecule has 62 valence electrons. The highest BCUT2D eigenvalue weighted by molar-refractivity contribution is 8.14. The van der Waals surface area contributed by atoms with Crippen molar-refractivity contribution in [1.82, 2.24) is 0 Å². The number of hydrogen-bond donors (Lipinski definition) is 0. The van der Waals surface area contributed by atoms with Gasteiger partial charge in [0.2, 0.25) is 0 Å². The molecule has 1 fully saturated rings. The summed E-state index contributed by atoms with van der Waals surface area (Å²) in [6.07, 6.45) is 0.545. The van der Waals surface area contributed by atoms with Gasteiger partial charge in [-0.1, -0.05) is 0 Å². The van der Waals surface area contributed by atoms with Crippen LogP contribution in [0.3, 0.4) is 0 Å². The maximum Gasteiger partial charge on any atom is 0.368 e. The lowest BCUT2D eigenvalue weighted by Crippen LogP contribution is -2.26. The quantitative estimate of drug-likeness (QED) is 0.553. The van der Waals surface area contributed by atoms with Gasteiger partial charge in [0, 0.05) is 6.42 Å². The van der Waals surface area contributed by atoms with Gasteiger partial charge in [0.1, 0.15) is 5.25 Å². The maximum absolute atomic E-state index is 10.9. The molecule has 0 N–H and O–H groups in total. The molecule has 0 saturated carbocycles. The molecule has 0 aliphatic carbocycles. The van der Waals surface area contributed by atoms with Crippen molar-refractivity contribution in [2.24, 2.45) is 0 Å². The Morgan fingerprint density at radius 3 is 3.09 bits per heavy atom. The molecule has 1 rings (SSSR count). The van der Waals surface area contributed by atoms with Crippen LogP contribution in [0.15, 0.2) is 0 Å². The van der Waals surface area contributed by atoms with E-state index in [2.05, 4.69) is 9.47 Å². The van der Waals surface area contributed by atoms with Crippen LogP contribution < -0.4 is 0 Å². The van der Waals surface area contributed by atoms with Crippen molar-refractivity contribution >= 4 is 23.0 Å². The van der Waals surface area contributed by atoms with E-state index in [1.165, 1.54) is 7.11 Å². The topological polar surface area (TPSA) is 52.6 Å². The zero-order valence-electron chi connectivity index (χ0n) is 6.03. The van der Waals surface area contributed by atoms with Crippen LogP contribution in [0.1, 0.15) is 6.42 Å². The lowest BCUT2D eigenvalue weighted by atomic mass is 10.3. The van der Waals surface area contributed by atoms with Crippen molar-refractivity contribution in [1.29, 1.82) is 0 Å². The van der Waals surface area contributed by atoms with Crippen molar-refractivity contribution < 1.29 is 19.1 Å². The molecule has 4 nitrogen and oxygen atoms in total. The van der Waals surface area contributed by atoms with E-state index >= 15 is 0 Å². The Labute approximate surface area is 68.2 Å². The van der Waals surface area contributed by atoms with Gasteiger partial charge in [-0.05, 0) is 11.8 Å². The van der Waals surface area contributed by atoms with E-state index in [4.69, 9.17) is 0 Å². The molecule has 1 aliphatic heterocycles. The van der Waals surface area contributed by atoms with Crippen LogP contribution in [0.4, 0.5) is 4.79 Å². The summed E-state index contributed by atoms with van der Waals surface area (Å²) in [5.41, 5.74) is 0. The van der Waals surface area contributed by atoms with Crippen LogP contribution in [-0.2, 0) is 14.3 Å². The minimum atomic E-state index is -0.397. The first-order valence-electron chi connectivity index (χ1n) is 3.15. The van der Waals surface area contributed by atoms with Crippen LogP contribution in [0.25, 0.3) is 0 Å². The standard InChI is InChI=1S/C6H8O4S/c1-9-5(7)4-2-3-10-6(8)11-4/h4H,2-3H2,1H3/t4-/m0/s1. The molecule has 1 atom stereocenters. The monoisotopic (exact) mass is 176 g/mol. The van der Waals surface area contributed by atoms with Gasteiger partial charge in [0.05, 0.1) is 13.7 Å². The molecule has 0 unspecified atom stereocenters. The van der Waals surface area contributed by atoms with E-state index in [0.717, 1.165) is 11.8 Å². The number of methoxy groups -OCH3 is 1. The van der Waals surface area contributed by atoms with Gasteiger partial charge in [-0.25, -0.2) is 4.79 Å². The molecule has 0 aromatic rings.